The molecular weight excluding hydrogens is 197 g/mol. The Bertz CT molecular complexity index is 373. The number of nitriles is 1. The van der Waals surface area contributed by atoms with Gasteiger partial charge in [0, 0.05) is 7.11 Å². The number of halogens is 1. The lowest BCUT2D eigenvalue weighted by atomic mass is 10.2. The average Bonchev–Trinajstić information content (AvgIpc) is 2.26. The summed E-state index contributed by atoms with van der Waals surface area (Å²) in [5.74, 6) is -0.393. The van der Waals surface area contributed by atoms with Crippen molar-refractivity contribution in [3.05, 3.63) is 29.6 Å². The van der Waals surface area contributed by atoms with Crippen molar-refractivity contribution in [2.45, 2.75) is 13.0 Å². The van der Waals surface area contributed by atoms with Crippen LogP contribution in [0.2, 0.25) is 0 Å². The highest BCUT2D eigenvalue weighted by atomic mass is 19.1. The molecule has 0 aliphatic heterocycles. The smallest absolute Gasteiger partial charge is 0.166 e. The van der Waals surface area contributed by atoms with Gasteiger partial charge in [-0.15, -0.1) is 0 Å². The van der Waals surface area contributed by atoms with E-state index in [0.29, 0.717) is 0 Å². The van der Waals surface area contributed by atoms with Crippen molar-refractivity contribution in [1.29, 1.82) is 5.26 Å². The van der Waals surface area contributed by atoms with Crippen molar-refractivity contribution < 1.29 is 13.9 Å². The van der Waals surface area contributed by atoms with E-state index in [4.69, 9.17) is 14.7 Å². The molecule has 0 fully saturated rings. The first-order chi connectivity index (χ1) is 7.17. The summed E-state index contributed by atoms with van der Waals surface area (Å²) in [6, 6.07) is 5.95. The molecule has 0 aliphatic rings. The zero-order valence-electron chi connectivity index (χ0n) is 8.66. The third-order valence-electron chi connectivity index (χ3n) is 1.94. The van der Waals surface area contributed by atoms with Crippen LogP contribution in [0.1, 0.15) is 12.5 Å². The van der Waals surface area contributed by atoms with E-state index < -0.39 is 5.82 Å². The molecule has 80 valence electrons. The van der Waals surface area contributed by atoms with Crippen molar-refractivity contribution >= 4 is 0 Å². The summed E-state index contributed by atoms with van der Waals surface area (Å²) < 4.78 is 23.4. The van der Waals surface area contributed by atoms with E-state index in [-0.39, 0.29) is 24.0 Å². The maximum Gasteiger partial charge on any atom is 0.166 e. The Morgan fingerprint density at radius 3 is 2.80 bits per heavy atom. The number of rotatable bonds is 4. The minimum absolute atomic E-state index is 0.0972. The molecule has 1 atom stereocenters. The Kier molecular flexibility index (Phi) is 4.07. The summed E-state index contributed by atoms with van der Waals surface area (Å²) >= 11 is 0. The molecule has 0 saturated heterocycles. The Morgan fingerprint density at radius 1 is 1.53 bits per heavy atom. The van der Waals surface area contributed by atoms with Gasteiger partial charge in [-0.3, -0.25) is 0 Å². The standard InChI is InChI=1S/C11H12FNO2/c1-8(14-2)7-15-11-4-3-9(6-13)5-10(11)12/h3-5,8H,7H2,1-2H3. The molecule has 0 N–H and O–H groups in total. The average molecular weight is 209 g/mol. The molecule has 4 heteroatoms. The zero-order valence-corrected chi connectivity index (χ0v) is 8.66. The van der Waals surface area contributed by atoms with Crippen LogP contribution in [0.25, 0.3) is 0 Å². The third-order valence-corrected chi connectivity index (χ3v) is 1.94. The Balaban J connectivity index is 2.67. The second kappa shape index (κ2) is 5.32. The van der Waals surface area contributed by atoms with Crippen molar-refractivity contribution in [1.82, 2.24) is 0 Å². The lowest BCUT2D eigenvalue weighted by Gasteiger charge is -2.11. The lowest BCUT2D eigenvalue weighted by Crippen LogP contribution is -2.16. The van der Waals surface area contributed by atoms with Gasteiger partial charge in [0.05, 0.1) is 17.7 Å². The highest BCUT2D eigenvalue weighted by Crippen LogP contribution is 2.18. The number of methoxy groups -OCH3 is 1. The first kappa shape index (κ1) is 11.5. The molecule has 3 nitrogen and oxygen atoms in total. The fraction of sp³-hybridized carbons (Fsp3) is 0.364. The van der Waals surface area contributed by atoms with Crippen LogP contribution in [0, 0.1) is 17.1 Å². The number of hydrogen-bond acceptors (Lipinski definition) is 3. The van der Waals surface area contributed by atoms with E-state index >= 15 is 0 Å². The molecule has 0 amide bonds. The molecule has 0 radical (unpaired) electrons. The van der Waals surface area contributed by atoms with Gasteiger partial charge in [-0.2, -0.15) is 5.26 Å². The number of hydrogen-bond donors (Lipinski definition) is 0. The molecular formula is C11H12FNO2. The minimum Gasteiger partial charge on any atom is -0.488 e. The number of nitrogens with zero attached hydrogens (tertiary/aromatic N) is 1. The molecule has 0 bridgehead atoms. The highest BCUT2D eigenvalue weighted by molar-refractivity contribution is 5.35. The first-order valence-electron chi connectivity index (χ1n) is 4.52. The monoisotopic (exact) mass is 209 g/mol. The molecule has 0 heterocycles. The summed E-state index contributed by atoms with van der Waals surface area (Å²) in [5.41, 5.74) is 0.277. The topological polar surface area (TPSA) is 42.2 Å². The summed E-state index contributed by atoms with van der Waals surface area (Å²) in [6.45, 7) is 2.10. The summed E-state index contributed by atoms with van der Waals surface area (Å²) in [4.78, 5) is 0. The minimum atomic E-state index is -0.530. The van der Waals surface area contributed by atoms with Gasteiger partial charge in [0.2, 0.25) is 0 Å². The third kappa shape index (κ3) is 3.22. The Morgan fingerprint density at radius 2 is 2.27 bits per heavy atom. The first-order valence-corrected chi connectivity index (χ1v) is 4.52. The van der Waals surface area contributed by atoms with E-state index in [0.717, 1.165) is 6.07 Å². The predicted molar refractivity (Wildman–Crippen MR) is 53.1 cm³/mol. The van der Waals surface area contributed by atoms with Crippen molar-refractivity contribution in [2.24, 2.45) is 0 Å². The lowest BCUT2D eigenvalue weighted by molar-refractivity contribution is 0.0702. The molecule has 15 heavy (non-hydrogen) atoms. The maximum absolute atomic E-state index is 13.3. The molecule has 1 rings (SSSR count). The molecule has 0 aromatic heterocycles. The predicted octanol–water partition coefficient (Wildman–Crippen LogP) is 2.11. The number of benzene rings is 1. The van der Waals surface area contributed by atoms with E-state index in [1.54, 1.807) is 7.11 Å². The van der Waals surface area contributed by atoms with Gasteiger partial charge < -0.3 is 9.47 Å². The van der Waals surface area contributed by atoms with Gasteiger partial charge in [-0.05, 0) is 25.1 Å². The Hall–Kier alpha value is -1.60. The van der Waals surface area contributed by atoms with Gasteiger partial charge in [0.25, 0.3) is 0 Å². The van der Waals surface area contributed by atoms with Crippen LogP contribution in [0.5, 0.6) is 5.75 Å². The summed E-state index contributed by atoms with van der Waals surface area (Å²) in [5, 5.41) is 8.53. The van der Waals surface area contributed by atoms with Crippen molar-refractivity contribution in [3.63, 3.8) is 0 Å². The van der Waals surface area contributed by atoms with Crippen LogP contribution < -0.4 is 4.74 Å². The molecule has 1 unspecified atom stereocenters. The highest BCUT2D eigenvalue weighted by Gasteiger charge is 2.06. The largest absolute Gasteiger partial charge is 0.488 e. The number of ether oxygens (including phenoxy) is 2. The van der Waals surface area contributed by atoms with Gasteiger partial charge in [-0.1, -0.05) is 0 Å². The summed E-state index contributed by atoms with van der Waals surface area (Å²) in [6.07, 6.45) is -0.0972. The molecule has 0 saturated carbocycles. The van der Waals surface area contributed by atoms with E-state index in [1.165, 1.54) is 12.1 Å². The van der Waals surface area contributed by atoms with Crippen LogP contribution >= 0.6 is 0 Å². The molecule has 0 aliphatic carbocycles. The normalized spacial score (nSPS) is 11.9. The van der Waals surface area contributed by atoms with E-state index in [1.807, 2.05) is 13.0 Å². The van der Waals surface area contributed by atoms with Crippen LogP contribution in [0.4, 0.5) is 4.39 Å². The zero-order chi connectivity index (χ0) is 11.3. The fourth-order valence-electron chi connectivity index (χ4n) is 0.963. The second-order valence-corrected chi connectivity index (χ2v) is 3.11. The van der Waals surface area contributed by atoms with Crippen molar-refractivity contribution in [2.75, 3.05) is 13.7 Å². The van der Waals surface area contributed by atoms with Crippen LogP contribution in [0.3, 0.4) is 0 Å². The Labute approximate surface area is 88.0 Å². The van der Waals surface area contributed by atoms with Crippen molar-refractivity contribution in [3.8, 4) is 11.8 Å². The molecule has 0 spiro atoms. The molecule has 1 aromatic rings. The van der Waals surface area contributed by atoms with Gasteiger partial charge >= 0.3 is 0 Å². The van der Waals surface area contributed by atoms with Crippen LogP contribution in [0.15, 0.2) is 18.2 Å². The van der Waals surface area contributed by atoms with E-state index in [2.05, 4.69) is 0 Å². The van der Waals surface area contributed by atoms with Gasteiger partial charge in [-0.25, -0.2) is 4.39 Å². The van der Waals surface area contributed by atoms with E-state index in [9.17, 15) is 4.39 Å². The summed E-state index contributed by atoms with van der Waals surface area (Å²) in [7, 11) is 1.56. The SMILES string of the molecule is COC(C)COc1ccc(C#N)cc1F. The maximum atomic E-state index is 13.3. The second-order valence-electron chi connectivity index (χ2n) is 3.11. The molecule has 1 aromatic carbocycles. The fourth-order valence-corrected chi connectivity index (χ4v) is 0.963. The van der Waals surface area contributed by atoms with Crippen LogP contribution in [-0.2, 0) is 4.74 Å². The van der Waals surface area contributed by atoms with Gasteiger partial charge in [0.15, 0.2) is 11.6 Å². The van der Waals surface area contributed by atoms with Crippen LogP contribution in [-0.4, -0.2) is 19.8 Å². The quantitative estimate of drug-likeness (QED) is 0.762. The van der Waals surface area contributed by atoms with Gasteiger partial charge in [0.1, 0.15) is 6.61 Å².